The molecule has 0 amide bonds. The van der Waals surface area contributed by atoms with Gasteiger partial charge >= 0.3 is 0 Å². The molecule has 0 unspecified atom stereocenters. The predicted molar refractivity (Wildman–Crippen MR) is 79.8 cm³/mol. The molecule has 2 aromatic heterocycles. The molecule has 2 aromatic rings. The summed E-state index contributed by atoms with van der Waals surface area (Å²) in [4.78, 5) is 8.80. The Morgan fingerprint density at radius 3 is 2.70 bits per heavy atom. The van der Waals surface area contributed by atoms with Gasteiger partial charge in [0.1, 0.15) is 5.82 Å². The second-order valence-electron chi connectivity index (χ2n) is 5.58. The van der Waals surface area contributed by atoms with E-state index in [9.17, 15) is 0 Å². The molecule has 1 N–H and O–H groups in total. The minimum Gasteiger partial charge on any atom is -0.355 e. The molecule has 0 aromatic carbocycles. The van der Waals surface area contributed by atoms with E-state index >= 15 is 0 Å². The number of hydrogen-bond acceptors (Lipinski definition) is 3. The Morgan fingerprint density at radius 2 is 1.95 bits per heavy atom. The first-order chi connectivity index (χ1) is 9.84. The fourth-order valence-electron chi connectivity index (χ4n) is 3.03. The molecule has 0 bridgehead atoms. The fraction of sp³-hybridized carbons (Fsp3) is 0.600. The Bertz CT molecular complexity index is 536. The zero-order valence-electron chi connectivity index (χ0n) is 12.1. The average molecular weight is 273 g/mol. The molecule has 0 saturated heterocycles. The van der Waals surface area contributed by atoms with Gasteiger partial charge in [0.15, 0.2) is 0 Å². The van der Waals surface area contributed by atoms with Gasteiger partial charge in [-0.2, -0.15) is 0 Å². The highest BCUT2D eigenvalue weighted by Gasteiger charge is 2.17. The van der Waals surface area contributed by atoms with Crippen molar-refractivity contribution in [3.63, 3.8) is 0 Å². The Balaban J connectivity index is 1.58. The molecular formula is C15H23N5. The quantitative estimate of drug-likeness (QED) is 0.911. The zero-order chi connectivity index (χ0) is 13.8. The van der Waals surface area contributed by atoms with Gasteiger partial charge in [-0.1, -0.05) is 19.3 Å². The van der Waals surface area contributed by atoms with Crippen molar-refractivity contribution in [2.45, 2.75) is 44.6 Å². The van der Waals surface area contributed by atoms with Crippen LogP contribution in [0.2, 0.25) is 0 Å². The standard InChI is InChI=1S/C15H23N5/c1-19-11-9-16-14(19)7-8-17-15-18-10-12-20(15)13-5-3-2-4-6-13/h9-13H,2-8H2,1H3,(H,17,18). The third kappa shape index (κ3) is 2.86. The van der Waals surface area contributed by atoms with E-state index in [1.54, 1.807) is 0 Å². The highest BCUT2D eigenvalue weighted by molar-refractivity contribution is 5.27. The van der Waals surface area contributed by atoms with E-state index in [0.29, 0.717) is 6.04 Å². The molecule has 1 aliphatic carbocycles. The molecule has 2 heterocycles. The van der Waals surface area contributed by atoms with Crippen LogP contribution in [0.5, 0.6) is 0 Å². The van der Waals surface area contributed by atoms with Crippen LogP contribution in [0.25, 0.3) is 0 Å². The lowest BCUT2D eigenvalue weighted by molar-refractivity contribution is 0.356. The van der Waals surface area contributed by atoms with Crippen LogP contribution in [0.4, 0.5) is 5.95 Å². The van der Waals surface area contributed by atoms with Crippen molar-refractivity contribution in [2.75, 3.05) is 11.9 Å². The van der Waals surface area contributed by atoms with Gasteiger partial charge in [-0.05, 0) is 12.8 Å². The Labute approximate surface area is 120 Å². The van der Waals surface area contributed by atoms with E-state index in [1.165, 1.54) is 32.1 Å². The van der Waals surface area contributed by atoms with Crippen LogP contribution < -0.4 is 5.32 Å². The van der Waals surface area contributed by atoms with Crippen molar-refractivity contribution < 1.29 is 0 Å². The lowest BCUT2D eigenvalue weighted by Crippen LogP contribution is -2.17. The highest BCUT2D eigenvalue weighted by Crippen LogP contribution is 2.30. The molecule has 0 aliphatic heterocycles. The summed E-state index contributed by atoms with van der Waals surface area (Å²) >= 11 is 0. The van der Waals surface area contributed by atoms with Gasteiger partial charge in [0.05, 0.1) is 0 Å². The SMILES string of the molecule is Cn1ccnc1CCNc1nccn1C1CCCCC1. The first-order valence-corrected chi connectivity index (χ1v) is 7.57. The van der Waals surface area contributed by atoms with Crippen molar-refractivity contribution >= 4 is 5.95 Å². The Morgan fingerprint density at radius 1 is 1.15 bits per heavy atom. The molecule has 20 heavy (non-hydrogen) atoms. The van der Waals surface area contributed by atoms with E-state index in [-0.39, 0.29) is 0 Å². The summed E-state index contributed by atoms with van der Waals surface area (Å²) in [5.74, 6) is 2.11. The van der Waals surface area contributed by atoms with Gasteiger partial charge < -0.3 is 14.5 Å². The van der Waals surface area contributed by atoms with E-state index in [4.69, 9.17) is 0 Å². The van der Waals surface area contributed by atoms with Crippen LogP contribution in [0.15, 0.2) is 24.8 Å². The number of aryl methyl sites for hydroxylation is 1. The maximum Gasteiger partial charge on any atom is 0.203 e. The Hall–Kier alpha value is -1.78. The maximum absolute atomic E-state index is 4.46. The zero-order valence-corrected chi connectivity index (χ0v) is 12.1. The molecular weight excluding hydrogens is 250 g/mol. The number of rotatable bonds is 5. The number of nitrogens with zero attached hydrogens (tertiary/aromatic N) is 4. The smallest absolute Gasteiger partial charge is 0.203 e. The van der Waals surface area contributed by atoms with E-state index in [1.807, 2.05) is 25.6 Å². The number of aromatic nitrogens is 4. The molecule has 5 nitrogen and oxygen atoms in total. The minimum atomic E-state index is 0.627. The van der Waals surface area contributed by atoms with Gasteiger partial charge in [-0.3, -0.25) is 0 Å². The van der Waals surface area contributed by atoms with Crippen molar-refractivity contribution in [1.29, 1.82) is 0 Å². The second-order valence-corrected chi connectivity index (χ2v) is 5.58. The normalized spacial score (nSPS) is 16.4. The molecule has 0 radical (unpaired) electrons. The summed E-state index contributed by atoms with van der Waals surface area (Å²) in [5.41, 5.74) is 0. The lowest BCUT2D eigenvalue weighted by Gasteiger charge is -2.24. The van der Waals surface area contributed by atoms with Crippen molar-refractivity contribution in [1.82, 2.24) is 19.1 Å². The van der Waals surface area contributed by atoms with Crippen LogP contribution >= 0.6 is 0 Å². The molecule has 1 saturated carbocycles. The predicted octanol–water partition coefficient (Wildman–Crippen LogP) is 2.78. The maximum atomic E-state index is 4.46. The first kappa shape index (κ1) is 13.2. The molecule has 5 heteroatoms. The average Bonchev–Trinajstić information content (AvgIpc) is 3.10. The summed E-state index contributed by atoms with van der Waals surface area (Å²) in [6.45, 7) is 0.870. The highest BCUT2D eigenvalue weighted by atomic mass is 15.2. The van der Waals surface area contributed by atoms with Crippen LogP contribution in [0, 0.1) is 0 Å². The topological polar surface area (TPSA) is 47.7 Å². The number of nitrogens with one attached hydrogen (secondary N) is 1. The second kappa shape index (κ2) is 6.11. The first-order valence-electron chi connectivity index (χ1n) is 7.57. The van der Waals surface area contributed by atoms with Crippen molar-refractivity contribution in [2.24, 2.45) is 7.05 Å². The van der Waals surface area contributed by atoms with Crippen molar-refractivity contribution in [3.05, 3.63) is 30.6 Å². The molecule has 0 spiro atoms. The molecule has 108 valence electrons. The van der Waals surface area contributed by atoms with Crippen LogP contribution in [0.3, 0.4) is 0 Å². The van der Waals surface area contributed by atoms with Gasteiger partial charge in [0.2, 0.25) is 5.95 Å². The summed E-state index contributed by atoms with van der Waals surface area (Å²) in [7, 11) is 2.03. The van der Waals surface area contributed by atoms with Gasteiger partial charge in [0, 0.05) is 50.8 Å². The third-order valence-corrected chi connectivity index (χ3v) is 4.19. The molecule has 1 aliphatic rings. The lowest BCUT2D eigenvalue weighted by atomic mass is 9.95. The monoisotopic (exact) mass is 273 g/mol. The summed E-state index contributed by atoms with van der Waals surface area (Å²) in [5, 5.41) is 3.45. The van der Waals surface area contributed by atoms with E-state index in [0.717, 1.165) is 24.7 Å². The molecule has 3 rings (SSSR count). The van der Waals surface area contributed by atoms with Crippen LogP contribution in [-0.4, -0.2) is 25.6 Å². The fourth-order valence-corrected chi connectivity index (χ4v) is 3.03. The Kier molecular flexibility index (Phi) is 4.04. The van der Waals surface area contributed by atoms with Crippen LogP contribution in [-0.2, 0) is 13.5 Å². The van der Waals surface area contributed by atoms with Crippen molar-refractivity contribution in [3.8, 4) is 0 Å². The molecule has 0 atom stereocenters. The number of imidazole rings is 2. The van der Waals surface area contributed by atoms with Crippen LogP contribution in [0.1, 0.15) is 44.0 Å². The van der Waals surface area contributed by atoms with E-state index in [2.05, 4.69) is 30.6 Å². The van der Waals surface area contributed by atoms with E-state index < -0.39 is 0 Å². The number of anilines is 1. The largest absolute Gasteiger partial charge is 0.355 e. The van der Waals surface area contributed by atoms with Gasteiger partial charge in [-0.15, -0.1) is 0 Å². The minimum absolute atomic E-state index is 0.627. The summed E-state index contributed by atoms with van der Waals surface area (Å²) in [6, 6.07) is 0.627. The number of hydrogen-bond donors (Lipinski definition) is 1. The summed E-state index contributed by atoms with van der Waals surface area (Å²) in [6.07, 6.45) is 15.4. The summed E-state index contributed by atoms with van der Waals surface area (Å²) < 4.78 is 4.38. The third-order valence-electron chi connectivity index (χ3n) is 4.19. The van der Waals surface area contributed by atoms with Gasteiger partial charge in [-0.25, -0.2) is 9.97 Å². The van der Waals surface area contributed by atoms with Gasteiger partial charge in [0.25, 0.3) is 0 Å². The molecule has 1 fully saturated rings.